The van der Waals surface area contributed by atoms with E-state index < -0.39 is 108 Å². The van der Waals surface area contributed by atoms with Crippen LogP contribution in [0.5, 0.6) is 5.75 Å². The predicted octanol–water partition coefficient (Wildman–Crippen LogP) is 2.05. The largest absolute Gasteiger partial charge is 0.508 e. The first-order valence-corrected chi connectivity index (χ1v) is 27.9. The second-order valence-electron chi connectivity index (χ2n) is 19.5. The number of phenolic OH excluding ortho intramolecular Hbond substituents is 1. The number of aromatic hydroxyl groups is 1. The van der Waals surface area contributed by atoms with Crippen molar-refractivity contribution in [3.05, 3.63) is 102 Å². The molecule has 1 aliphatic heterocycles. The van der Waals surface area contributed by atoms with Gasteiger partial charge in [-0.25, -0.2) is 14.4 Å². The van der Waals surface area contributed by atoms with E-state index in [0.717, 1.165) is 21.6 Å². The van der Waals surface area contributed by atoms with Gasteiger partial charge in [0.25, 0.3) is 0 Å². The normalized spacial score (nSPS) is 21.0. The minimum absolute atomic E-state index is 0.00582. The number of nitrogens with one attached hydrogen (secondary N) is 10. The molecule has 78 heavy (non-hydrogen) atoms. The molecule has 5 rings (SSSR count). The summed E-state index contributed by atoms with van der Waals surface area (Å²) in [6, 6.07) is 10.7. The number of ether oxygens (including phenoxy) is 1. The highest BCUT2D eigenvalue weighted by atomic mass is 33.1. The Bertz CT molecular complexity index is 2700. The number of fused-ring (bicyclic) bond motifs is 1. The van der Waals surface area contributed by atoms with E-state index in [-0.39, 0.29) is 68.9 Å². The Balaban J connectivity index is 1.56. The summed E-state index contributed by atoms with van der Waals surface area (Å²) in [7, 11) is 1.85. The Morgan fingerprint density at radius 3 is 2.03 bits per heavy atom. The van der Waals surface area contributed by atoms with Crippen molar-refractivity contribution in [2.75, 3.05) is 24.6 Å². The van der Waals surface area contributed by atoms with Crippen LogP contribution in [-0.2, 0) is 57.6 Å². The number of rotatable bonds is 17. The molecule has 2 heterocycles. The molecule has 0 aliphatic carbocycles. The van der Waals surface area contributed by atoms with E-state index >= 15 is 0 Å². The number of amides is 9. The highest BCUT2D eigenvalue weighted by Crippen LogP contribution is 2.24. The third kappa shape index (κ3) is 19.8. The third-order valence-electron chi connectivity index (χ3n) is 12.1. The van der Waals surface area contributed by atoms with Crippen LogP contribution in [0.15, 0.2) is 85.1 Å². The number of carboxylic acids is 1. The number of carboxylic acid groups (broad SMARTS) is 1. The summed E-state index contributed by atoms with van der Waals surface area (Å²) in [6.07, 6.45) is -0.597. The Labute approximate surface area is 459 Å². The first-order chi connectivity index (χ1) is 37.1. The lowest BCUT2D eigenvalue weighted by atomic mass is 10.0. The van der Waals surface area contributed by atoms with Gasteiger partial charge in [-0.15, -0.1) is 0 Å². The zero-order chi connectivity index (χ0) is 56.9. The molecular weight excluding hydrogens is 1050 g/mol. The fourth-order valence-corrected chi connectivity index (χ4v) is 10.4. The summed E-state index contributed by atoms with van der Waals surface area (Å²) in [5, 5.41) is 55.6. The number of H-pyrrole nitrogens is 1. The van der Waals surface area contributed by atoms with Crippen LogP contribution in [0.3, 0.4) is 0 Å². The number of carbonyl (C=O) groups is 9. The third-order valence-corrected chi connectivity index (χ3v) is 14.5. The number of hydrogen-bond donors (Lipinski definition) is 13. The van der Waals surface area contributed by atoms with Crippen molar-refractivity contribution in [1.29, 1.82) is 0 Å². The molecule has 1 aromatic heterocycles. The minimum Gasteiger partial charge on any atom is -0.508 e. The smallest absolute Gasteiger partial charge is 0.407 e. The molecule has 25 heteroatoms. The highest BCUT2D eigenvalue weighted by Gasteiger charge is 2.36. The van der Waals surface area contributed by atoms with Gasteiger partial charge in [-0.3, -0.25) is 28.8 Å². The van der Waals surface area contributed by atoms with E-state index in [1.807, 2.05) is 6.07 Å². The monoisotopic (exact) mass is 1120 g/mol. The number of phenols is 1. The minimum atomic E-state index is -1.74. The predicted molar refractivity (Wildman–Crippen MR) is 294 cm³/mol. The van der Waals surface area contributed by atoms with E-state index in [1.54, 1.807) is 82.4 Å². The van der Waals surface area contributed by atoms with Crippen LogP contribution in [0, 0.1) is 0 Å². The van der Waals surface area contributed by atoms with Crippen LogP contribution in [0.2, 0.25) is 0 Å². The fourth-order valence-electron chi connectivity index (χ4n) is 8.08. The van der Waals surface area contributed by atoms with Crippen LogP contribution < -0.4 is 47.9 Å². The number of aromatic nitrogens is 1. The summed E-state index contributed by atoms with van der Waals surface area (Å²) in [5.74, 6) is -7.58. The van der Waals surface area contributed by atoms with Crippen molar-refractivity contribution in [3.63, 3.8) is 0 Å². The van der Waals surface area contributed by atoms with Crippen LogP contribution in [0.1, 0.15) is 70.6 Å². The first-order valence-electron chi connectivity index (χ1n) is 25.5. The number of hydrogen-bond acceptors (Lipinski definition) is 14. The summed E-state index contributed by atoms with van der Waals surface area (Å²) in [6.45, 7) is 8.36. The van der Waals surface area contributed by atoms with Gasteiger partial charge in [0, 0.05) is 61.0 Å². The average Bonchev–Trinajstić information content (AvgIpc) is 3.81. The van der Waals surface area contributed by atoms with E-state index in [0.29, 0.717) is 27.6 Å². The molecule has 4 aromatic rings. The number of benzene rings is 3. The lowest BCUT2D eigenvalue weighted by Gasteiger charge is -2.29. The van der Waals surface area contributed by atoms with Crippen molar-refractivity contribution in [3.8, 4) is 5.75 Å². The van der Waals surface area contributed by atoms with Crippen molar-refractivity contribution >= 4 is 86.0 Å². The molecule has 0 spiro atoms. The second kappa shape index (κ2) is 29.9. The van der Waals surface area contributed by atoms with E-state index in [2.05, 4.69) is 52.8 Å². The number of aromatic amines is 1. The van der Waals surface area contributed by atoms with Gasteiger partial charge in [0.1, 0.15) is 53.6 Å². The Hall–Kier alpha value is -7.51. The number of para-hydroxylation sites is 1. The maximum Gasteiger partial charge on any atom is 0.407 e. The molecule has 0 saturated carbocycles. The van der Waals surface area contributed by atoms with Gasteiger partial charge in [0.15, 0.2) is 0 Å². The number of aliphatic hydroxyl groups is 1. The van der Waals surface area contributed by atoms with Crippen LogP contribution >= 0.6 is 21.6 Å². The molecule has 0 radical (unpaired) electrons. The first kappa shape index (κ1) is 61.3. The van der Waals surface area contributed by atoms with Gasteiger partial charge in [0.05, 0.1) is 6.10 Å². The molecule has 3 aromatic carbocycles. The SMILES string of the molecule is CCNC(=O)N[C@H](Cc1ccccc1)C(=O)N[C@H]1CSSC[C@@H](C(=O)O)NC(=O)[C@H]([C@@H](C)O)NC(=O)[C@H](CCCCNC(=O)OC(C)(C)C)NC(=O)[C@@H](Cc2c[nH]c3ccccc23)NC(=O)[C@H](Cc2ccc(O)cc2)NC1=O. The lowest BCUT2D eigenvalue weighted by molar-refractivity contribution is -0.142. The number of urea groups is 1. The van der Waals surface area contributed by atoms with Gasteiger partial charge in [-0.1, -0.05) is 82.3 Å². The highest BCUT2D eigenvalue weighted by molar-refractivity contribution is 8.76. The second-order valence-corrected chi connectivity index (χ2v) is 22.1. The number of aliphatic carboxylic acids is 1. The fraction of sp³-hybridized carbons (Fsp3) is 0.453. The molecule has 13 N–H and O–H groups in total. The molecule has 8 atom stereocenters. The van der Waals surface area contributed by atoms with E-state index in [4.69, 9.17) is 4.74 Å². The maximum absolute atomic E-state index is 14.9. The topological polar surface area (TPSA) is 348 Å². The summed E-state index contributed by atoms with van der Waals surface area (Å²) in [5.41, 5.74) is 1.67. The number of aliphatic hydroxyl groups excluding tert-OH is 1. The Morgan fingerprint density at radius 2 is 1.36 bits per heavy atom. The van der Waals surface area contributed by atoms with E-state index in [9.17, 15) is 58.5 Å². The van der Waals surface area contributed by atoms with Crippen molar-refractivity contribution in [2.45, 2.75) is 127 Å². The standard InChI is InChI=1S/C53H70N10O13S2/c1-6-54-51(74)62-39(24-31-14-8-7-9-15-31)46(68)60-41-28-77-78-29-42(50(72)73)61-49(71)43(30(2)64)63-44(66)37(18-12-13-23-55-52(75)76-53(3,4)5)57-47(69)40(26-33-27-56-36-17-11-10-16-35(33)36)59-45(67)38(58-48(41)70)25-32-19-21-34(65)22-20-32/h7-11,14-17,19-22,27,30,37-43,56,64-65H,6,12-13,18,23-26,28-29H2,1-5H3,(H,55,75)(H,57,69)(H,58,70)(H,59,67)(H,60,68)(H,61,71)(H,63,66)(H,72,73)(H2,54,62,74)/t30-,37+,38+,39-,40-,41+,42+,43+/m1/s1. The quantitative estimate of drug-likeness (QED) is 0.0532. The van der Waals surface area contributed by atoms with Gasteiger partial charge >= 0.3 is 18.1 Å². The molecule has 1 saturated heterocycles. The summed E-state index contributed by atoms with van der Waals surface area (Å²) < 4.78 is 5.31. The van der Waals surface area contributed by atoms with Gasteiger partial charge in [0.2, 0.25) is 35.4 Å². The zero-order valence-corrected chi connectivity index (χ0v) is 45.6. The van der Waals surface area contributed by atoms with Crippen molar-refractivity contribution < 1.29 is 63.2 Å². The van der Waals surface area contributed by atoms with Gasteiger partial charge < -0.3 is 72.9 Å². The van der Waals surface area contributed by atoms with Crippen LogP contribution in [0.25, 0.3) is 10.9 Å². The van der Waals surface area contributed by atoms with Crippen LogP contribution in [0.4, 0.5) is 9.59 Å². The van der Waals surface area contributed by atoms with Crippen molar-refractivity contribution in [2.24, 2.45) is 0 Å². The Kier molecular flexibility index (Phi) is 23.5. The van der Waals surface area contributed by atoms with Crippen LogP contribution in [-0.4, -0.2) is 152 Å². The zero-order valence-electron chi connectivity index (χ0n) is 44.0. The number of unbranched alkanes of at least 4 members (excludes halogenated alkanes) is 1. The van der Waals surface area contributed by atoms with Gasteiger partial charge in [-0.05, 0) is 88.8 Å². The molecule has 1 aliphatic rings. The molecule has 0 unspecified atom stereocenters. The molecule has 1 fully saturated rings. The average molecular weight is 1120 g/mol. The molecule has 0 bridgehead atoms. The summed E-state index contributed by atoms with van der Waals surface area (Å²) in [4.78, 5) is 128. The maximum atomic E-state index is 14.9. The molecule has 23 nitrogen and oxygen atoms in total. The number of alkyl carbamates (subject to hydrolysis) is 1. The van der Waals surface area contributed by atoms with E-state index in [1.165, 1.54) is 31.2 Å². The molecule has 422 valence electrons. The Morgan fingerprint density at radius 1 is 0.731 bits per heavy atom. The lowest BCUT2D eigenvalue weighted by Crippen LogP contribution is -2.62. The summed E-state index contributed by atoms with van der Waals surface area (Å²) >= 11 is 0. The molecule has 9 amide bonds. The van der Waals surface area contributed by atoms with Gasteiger partial charge in [-0.2, -0.15) is 0 Å². The molecular formula is C53H70N10O13S2. The number of carbonyl (C=O) groups excluding carboxylic acids is 8. The van der Waals surface area contributed by atoms with Crippen molar-refractivity contribution in [1.82, 2.24) is 52.8 Å².